The summed E-state index contributed by atoms with van der Waals surface area (Å²) in [4.78, 5) is 24.2. The Balaban J connectivity index is 1.31. The van der Waals surface area contributed by atoms with Gasteiger partial charge < -0.3 is 10.1 Å². The number of carbonyl (C=O) groups is 2. The van der Waals surface area contributed by atoms with Crippen molar-refractivity contribution >= 4 is 21.9 Å². The summed E-state index contributed by atoms with van der Waals surface area (Å²) in [5.74, 6) is -0.421. The van der Waals surface area contributed by atoms with Crippen LogP contribution in [-0.2, 0) is 37.2 Å². The van der Waals surface area contributed by atoms with Gasteiger partial charge in [0.15, 0.2) is 0 Å². The van der Waals surface area contributed by atoms with Crippen LogP contribution in [0.15, 0.2) is 53.4 Å². The second-order valence-corrected chi connectivity index (χ2v) is 10.6. The molecule has 1 aliphatic heterocycles. The van der Waals surface area contributed by atoms with Crippen molar-refractivity contribution in [2.45, 2.75) is 56.8 Å². The van der Waals surface area contributed by atoms with Crippen LogP contribution in [0.25, 0.3) is 0 Å². The standard InChI is InChI=1S/C26H34N2O5S/c1-21-5-7-22(8-6-21)11-15-25(29)27-17-20-33-26(30)16-12-23-9-13-24(14-10-23)34(31,32)28-18-3-2-4-19-28/h5-10,13-14H,2-4,11-12,15-20H2,1H3,(H,27,29). The minimum Gasteiger partial charge on any atom is -0.464 e. The summed E-state index contributed by atoms with van der Waals surface area (Å²) in [5.41, 5.74) is 3.18. The molecule has 0 bridgehead atoms. The van der Waals surface area contributed by atoms with Gasteiger partial charge in [0.1, 0.15) is 6.61 Å². The number of rotatable bonds is 11. The van der Waals surface area contributed by atoms with Crippen molar-refractivity contribution in [3.63, 3.8) is 0 Å². The van der Waals surface area contributed by atoms with E-state index >= 15 is 0 Å². The molecule has 8 heteroatoms. The maximum Gasteiger partial charge on any atom is 0.306 e. The van der Waals surface area contributed by atoms with Gasteiger partial charge in [-0.3, -0.25) is 9.59 Å². The lowest BCUT2D eigenvalue weighted by Crippen LogP contribution is -2.35. The molecule has 1 N–H and O–H groups in total. The van der Waals surface area contributed by atoms with Crippen LogP contribution in [0.3, 0.4) is 0 Å². The van der Waals surface area contributed by atoms with Gasteiger partial charge in [0.2, 0.25) is 15.9 Å². The molecule has 0 radical (unpaired) electrons. The highest BCUT2D eigenvalue weighted by Gasteiger charge is 2.25. The molecule has 34 heavy (non-hydrogen) atoms. The van der Waals surface area contributed by atoms with Crippen LogP contribution in [0.1, 0.15) is 48.8 Å². The van der Waals surface area contributed by atoms with Crippen LogP contribution in [0, 0.1) is 6.92 Å². The number of sulfonamides is 1. The third-order valence-electron chi connectivity index (χ3n) is 5.94. The summed E-state index contributed by atoms with van der Waals surface area (Å²) < 4.78 is 32.2. The smallest absolute Gasteiger partial charge is 0.306 e. The molecule has 1 heterocycles. The van der Waals surface area contributed by atoms with Crippen molar-refractivity contribution in [1.82, 2.24) is 9.62 Å². The molecule has 0 aliphatic carbocycles. The van der Waals surface area contributed by atoms with E-state index in [-0.39, 0.29) is 31.4 Å². The molecule has 3 rings (SSSR count). The maximum atomic E-state index is 12.7. The third-order valence-corrected chi connectivity index (χ3v) is 7.86. The lowest BCUT2D eigenvalue weighted by molar-refractivity contribution is -0.143. The Labute approximate surface area is 202 Å². The van der Waals surface area contributed by atoms with E-state index in [0.717, 1.165) is 30.4 Å². The number of nitrogens with zero attached hydrogens (tertiary/aromatic N) is 1. The van der Waals surface area contributed by atoms with Crippen molar-refractivity contribution in [2.75, 3.05) is 26.2 Å². The van der Waals surface area contributed by atoms with Crippen molar-refractivity contribution in [2.24, 2.45) is 0 Å². The molecule has 184 valence electrons. The van der Waals surface area contributed by atoms with Gasteiger partial charge in [-0.2, -0.15) is 4.31 Å². The zero-order valence-electron chi connectivity index (χ0n) is 19.8. The van der Waals surface area contributed by atoms with E-state index < -0.39 is 10.0 Å². The van der Waals surface area contributed by atoms with E-state index in [0.29, 0.717) is 37.2 Å². The molecule has 0 atom stereocenters. The molecule has 0 aromatic heterocycles. The number of hydrogen-bond donors (Lipinski definition) is 1. The highest BCUT2D eigenvalue weighted by molar-refractivity contribution is 7.89. The Morgan fingerprint density at radius 3 is 2.12 bits per heavy atom. The molecule has 1 fully saturated rings. The van der Waals surface area contributed by atoms with E-state index in [1.165, 1.54) is 5.56 Å². The summed E-state index contributed by atoms with van der Waals surface area (Å²) in [6.45, 7) is 3.58. The number of benzene rings is 2. The monoisotopic (exact) mass is 486 g/mol. The summed E-state index contributed by atoms with van der Waals surface area (Å²) in [5, 5.41) is 2.76. The second kappa shape index (κ2) is 12.7. The molecule has 1 aliphatic rings. The van der Waals surface area contributed by atoms with Gasteiger partial charge in [-0.1, -0.05) is 48.4 Å². The highest BCUT2D eigenvalue weighted by Crippen LogP contribution is 2.21. The number of piperidine rings is 1. The van der Waals surface area contributed by atoms with Gasteiger partial charge in [-0.15, -0.1) is 0 Å². The van der Waals surface area contributed by atoms with Crippen LogP contribution < -0.4 is 5.32 Å². The predicted molar refractivity (Wildman–Crippen MR) is 131 cm³/mol. The zero-order valence-corrected chi connectivity index (χ0v) is 20.6. The summed E-state index contributed by atoms with van der Waals surface area (Å²) >= 11 is 0. The lowest BCUT2D eigenvalue weighted by atomic mass is 10.1. The number of esters is 1. The van der Waals surface area contributed by atoms with Crippen molar-refractivity contribution in [3.8, 4) is 0 Å². The van der Waals surface area contributed by atoms with E-state index in [1.54, 1.807) is 28.6 Å². The van der Waals surface area contributed by atoms with Crippen molar-refractivity contribution < 1.29 is 22.7 Å². The normalized spacial score (nSPS) is 14.5. The molecule has 7 nitrogen and oxygen atoms in total. The minimum absolute atomic E-state index is 0.0729. The Kier molecular flexibility index (Phi) is 9.65. The molecule has 0 saturated carbocycles. The van der Waals surface area contributed by atoms with Crippen LogP contribution in [0.2, 0.25) is 0 Å². The summed E-state index contributed by atoms with van der Waals surface area (Å²) in [6, 6.07) is 14.8. The maximum absolute atomic E-state index is 12.7. The largest absolute Gasteiger partial charge is 0.464 e. The van der Waals surface area contributed by atoms with Gasteiger partial charge in [-0.25, -0.2) is 8.42 Å². The first-order chi connectivity index (χ1) is 16.3. The van der Waals surface area contributed by atoms with Gasteiger partial charge in [0.05, 0.1) is 11.4 Å². The molecule has 1 amide bonds. The Hall–Kier alpha value is -2.71. The minimum atomic E-state index is -3.45. The molecular weight excluding hydrogens is 452 g/mol. The van der Waals surface area contributed by atoms with E-state index in [9.17, 15) is 18.0 Å². The van der Waals surface area contributed by atoms with Crippen LogP contribution >= 0.6 is 0 Å². The summed E-state index contributed by atoms with van der Waals surface area (Å²) in [6.07, 6.45) is 4.59. The van der Waals surface area contributed by atoms with Gasteiger partial charge >= 0.3 is 5.97 Å². The molecule has 2 aromatic rings. The molecule has 1 saturated heterocycles. The zero-order chi connectivity index (χ0) is 24.4. The van der Waals surface area contributed by atoms with E-state index in [1.807, 2.05) is 31.2 Å². The van der Waals surface area contributed by atoms with E-state index in [2.05, 4.69) is 5.32 Å². The Morgan fingerprint density at radius 2 is 1.47 bits per heavy atom. The number of hydrogen-bond acceptors (Lipinski definition) is 5. The highest BCUT2D eigenvalue weighted by atomic mass is 32.2. The number of aryl methyl sites for hydroxylation is 3. The first-order valence-corrected chi connectivity index (χ1v) is 13.4. The molecule has 2 aromatic carbocycles. The van der Waals surface area contributed by atoms with Gasteiger partial charge in [0, 0.05) is 25.9 Å². The average molecular weight is 487 g/mol. The van der Waals surface area contributed by atoms with Crippen molar-refractivity contribution in [3.05, 3.63) is 65.2 Å². The quantitative estimate of drug-likeness (QED) is 0.388. The number of ether oxygens (including phenoxy) is 1. The number of carbonyl (C=O) groups excluding carboxylic acids is 2. The van der Waals surface area contributed by atoms with Crippen LogP contribution in [0.4, 0.5) is 0 Å². The lowest BCUT2D eigenvalue weighted by Gasteiger charge is -2.25. The van der Waals surface area contributed by atoms with E-state index in [4.69, 9.17) is 4.74 Å². The number of nitrogens with one attached hydrogen (secondary N) is 1. The molecular formula is C26H34N2O5S. The average Bonchev–Trinajstić information content (AvgIpc) is 2.86. The molecule has 0 spiro atoms. The fourth-order valence-electron chi connectivity index (χ4n) is 3.86. The van der Waals surface area contributed by atoms with Crippen molar-refractivity contribution in [1.29, 1.82) is 0 Å². The van der Waals surface area contributed by atoms with Crippen LogP contribution in [0.5, 0.6) is 0 Å². The topological polar surface area (TPSA) is 92.8 Å². The second-order valence-electron chi connectivity index (χ2n) is 8.66. The number of amides is 1. The fraction of sp³-hybridized carbons (Fsp3) is 0.462. The summed E-state index contributed by atoms with van der Waals surface area (Å²) in [7, 11) is -3.45. The fourth-order valence-corrected chi connectivity index (χ4v) is 5.37. The van der Waals surface area contributed by atoms with Gasteiger partial charge in [-0.05, 0) is 55.9 Å². The van der Waals surface area contributed by atoms with Gasteiger partial charge in [0.25, 0.3) is 0 Å². The first kappa shape index (κ1) is 25.9. The van der Waals surface area contributed by atoms with Crippen LogP contribution in [-0.4, -0.2) is 50.8 Å². The third kappa shape index (κ3) is 7.95. The first-order valence-electron chi connectivity index (χ1n) is 11.9. The molecule has 0 unspecified atom stereocenters. The Bertz CT molecular complexity index is 1040. The SMILES string of the molecule is Cc1ccc(CCC(=O)NCCOC(=O)CCc2ccc(S(=O)(=O)N3CCCCC3)cc2)cc1. The Morgan fingerprint density at radius 1 is 0.882 bits per heavy atom. The predicted octanol–water partition coefficient (Wildman–Crippen LogP) is 3.39.